The molecule has 1 unspecified atom stereocenters. The van der Waals surface area contributed by atoms with Crippen molar-refractivity contribution >= 4 is 17.5 Å². The number of anilines is 3. The van der Waals surface area contributed by atoms with E-state index in [0.717, 1.165) is 32.0 Å². The molecular weight excluding hydrogens is 358 g/mol. The Morgan fingerprint density at radius 2 is 1.59 bits per heavy atom. The molecule has 0 radical (unpaired) electrons. The molecule has 0 amide bonds. The first-order chi connectivity index (χ1) is 14.1. The summed E-state index contributed by atoms with van der Waals surface area (Å²) >= 11 is 0. The van der Waals surface area contributed by atoms with E-state index in [1.807, 2.05) is 18.3 Å². The third-order valence-electron chi connectivity index (χ3n) is 5.81. The highest BCUT2D eigenvalue weighted by Crippen LogP contribution is 2.25. The van der Waals surface area contributed by atoms with E-state index in [4.69, 9.17) is 4.98 Å². The smallest absolute Gasteiger partial charge is 0.225 e. The molecule has 5 heteroatoms. The number of aryl methyl sites for hydroxylation is 1. The zero-order chi connectivity index (χ0) is 20.2. The van der Waals surface area contributed by atoms with Crippen LogP contribution >= 0.6 is 0 Å². The van der Waals surface area contributed by atoms with E-state index in [1.54, 1.807) is 0 Å². The molecule has 1 aromatic heterocycles. The summed E-state index contributed by atoms with van der Waals surface area (Å²) < 4.78 is 0. The molecule has 0 saturated carbocycles. The van der Waals surface area contributed by atoms with Gasteiger partial charge in [0.2, 0.25) is 5.95 Å². The fourth-order valence-electron chi connectivity index (χ4n) is 3.87. The Balaban J connectivity index is 1.41. The predicted molar refractivity (Wildman–Crippen MR) is 121 cm³/mol. The number of hydrogen-bond donors (Lipinski definition) is 1. The highest BCUT2D eigenvalue weighted by molar-refractivity contribution is 5.57. The average Bonchev–Trinajstić information content (AvgIpc) is 2.77. The molecule has 5 nitrogen and oxygen atoms in total. The topological polar surface area (TPSA) is 44.3 Å². The second-order valence-electron chi connectivity index (χ2n) is 7.71. The number of nitrogens with one attached hydrogen (secondary N) is 1. The van der Waals surface area contributed by atoms with Gasteiger partial charge in [-0.25, -0.2) is 4.98 Å². The van der Waals surface area contributed by atoms with Crippen LogP contribution in [-0.4, -0.2) is 36.1 Å². The minimum Gasteiger partial charge on any atom is -0.368 e. The van der Waals surface area contributed by atoms with E-state index in [0.29, 0.717) is 5.95 Å². The van der Waals surface area contributed by atoms with Crippen molar-refractivity contribution < 1.29 is 0 Å². The third-order valence-corrected chi connectivity index (χ3v) is 5.81. The van der Waals surface area contributed by atoms with Crippen molar-refractivity contribution in [3.05, 3.63) is 77.5 Å². The van der Waals surface area contributed by atoms with Crippen LogP contribution in [0.5, 0.6) is 0 Å². The normalized spacial score (nSPS) is 15.3. The van der Waals surface area contributed by atoms with Crippen molar-refractivity contribution in [2.45, 2.75) is 26.8 Å². The highest BCUT2D eigenvalue weighted by Gasteiger charge is 2.20. The Hall–Kier alpha value is -3.08. The van der Waals surface area contributed by atoms with Crippen LogP contribution in [0.2, 0.25) is 0 Å². The van der Waals surface area contributed by atoms with Crippen LogP contribution in [-0.2, 0) is 0 Å². The van der Waals surface area contributed by atoms with Crippen LogP contribution in [0.15, 0.2) is 60.8 Å². The van der Waals surface area contributed by atoms with Crippen molar-refractivity contribution in [2.75, 3.05) is 41.3 Å². The quantitative estimate of drug-likeness (QED) is 0.693. The molecule has 1 aliphatic rings. The summed E-state index contributed by atoms with van der Waals surface area (Å²) in [5.74, 6) is 1.67. The molecule has 1 saturated heterocycles. The lowest BCUT2D eigenvalue weighted by atomic mass is 10.1. The van der Waals surface area contributed by atoms with Crippen LogP contribution in [0.1, 0.15) is 29.7 Å². The molecule has 3 aromatic rings. The van der Waals surface area contributed by atoms with Crippen molar-refractivity contribution in [3.8, 4) is 0 Å². The summed E-state index contributed by atoms with van der Waals surface area (Å²) in [6, 6.07) is 19.1. The Labute approximate surface area is 173 Å². The van der Waals surface area contributed by atoms with Crippen LogP contribution < -0.4 is 15.1 Å². The van der Waals surface area contributed by atoms with Gasteiger partial charge in [0.1, 0.15) is 5.82 Å². The molecule has 1 fully saturated rings. The van der Waals surface area contributed by atoms with Gasteiger partial charge in [0, 0.05) is 38.1 Å². The summed E-state index contributed by atoms with van der Waals surface area (Å²) in [7, 11) is 0. The van der Waals surface area contributed by atoms with Gasteiger partial charge in [-0.3, -0.25) is 0 Å². The van der Waals surface area contributed by atoms with Crippen molar-refractivity contribution in [1.29, 1.82) is 0 Å². The fourth-order valence-corrected chi connectivity index (χ4v) is 3.87. The summed E-state index contributed by atoms with van der Waals surface area (Å²) in [5, 5.41) is 3.43. The third kappa shape index (κ3) is 4.34. The zero-order valence-electron chi connectivity index (χ0n) is 17.5. The molecule has 1 aliphatic heterocycles. The second kappa shape index (κ2) is 8.52. The fraction of sp³-hybridized carbons (Fsp3) is 0.333. The van der Waals surface area contributed by atoms with Crippen LogP contribution in [0, 0.1) is 13.8 Å². The van der Waals surface area contributed by atoms with Gasteiger partial charge >= 0.3 is 0 Å². The number of piperazine rings is 1. The number of rotatable bonds is 5. The Morgan fingerprint density at radius 3 is 2.34 bits per heavy atom. The molecule has 0 spiro atoms. The van der Waals surface area contributed by atoms with E-state index in [9.17, 15) is 0 Å². The minimum atomic E-state index is 0.160. The lowest BCUT2D eigenvalue weighted by Gasteiger charge is -2.37. The molecule has 29 heavy (non-hydrogen) atoms. The maximum absolute atomic E-state index is 4.78. The Bertz CT molecular complexity index is 948. The van der Waals surface area contributed by atoms with Gasteiger partial charge in [-0.05, 0) is 49.6 Å². The van der Waals surface area contributed by atoms with Gasteiger partial charge < -0.3 is 15.1 Å². The lowest BCUT2D eigenvalue weighted by molar-refractivity contribution is 0.645. The number of hydrogen-bond acceptors (Lipinski definition) is 5. The molecule has 1 atom stereocenters. The standard InChI is InChI=1S/C24H29N5/c1-18-8-7-11-22(19(18)2)28-14-16-29(17-15-28)23-12-13-25-24(27-23)26-20(3)21-9-5-4-6-10-21/h4-13,20H,14-17H2,1-3H3,(H,25,26,27). The highest BCUT2D eigenvalue weighted by atomic mass is 15.3. The maximum atomic E-state index is 4.78. The SMILES string of the molecule is Cc1cccc(N2CCN(c3ccnc(NC(C)c4ccccc4)n3)CC2)c1C. The van der Waals surface area contributed by atoms with Crippen LogP contribution in [0.3, 0.4) is 0 Å². The zero-order valence-corrected chi connectivity index (χ0v) is 17.5. The largest absolute Gasteiger partial charge is 0.368 e. The number of nitrogens with zero attached hydrogens (tertiary/aromatic N) is 4. The number of aromatic nitrogens is 2. The van der Waals surface area contributed by atoms with Gasteiger partial charge in [-0.15, -0.1) is 0 Å². The van der Waals surface area contributed by atoms with E-state index < -0.39 is 0 Å². The van der Waals surface area contributed by atoms with Gasteiger partial charge in [0.15, 0.2) is 0 Å². The summed E-state index contributed by atoms with van der Waals surface area (Å²) in [5.41, 5.74) is 5.31. The summed E-state index contributed by atoms with van der Waals surface area (Å²) in [4.78, 5) is 14.0. The molecule has 0 bridgehead atoms. The van der Waals surface area contributed by atoms with Gasteiger partial charge in [-0.2, -0.15) is 4.98 Å². The number of benzene rings is 2. The van der Waals surface area contributed by atoms with Gasteiger partial charge in [0.05, 0.1) is 6.04 Å². The van der Waals surface area contributed by atoms with Gasteiger partial charge in [-0.1, -0.05) is 42.5 Å². The molecular formula is C24H29N5. The van der Waals surface area contributed by atoms with Gasteiger partial charge in [0.25, 0.3) is 0 Å². The van der Waals surface area contributed by atoms with E-state index in [2.05, 4.69) is 83.3 Å². The van der Waals surface area contributed by atoms with E-state index in [-0.39, 0.29) is 6.04 Å². The maximum Gasteiger partial charge on any atom is 0.225 e. The van der Waals surface area contributed by atoms with E-state index in [1.165, 1.54) is 22.4 Å². The van der Waals surface area contributed by atoms with Crippen molar-refractivity contribution in [1.82, 2.24) is 9.97 Å². The Kier molecular flexibility index (Phi) is 5.65. The first-order valence-corrected chi connectivity index (χ1v) is 10.3. The molecule has 2 aromatic carbocycles. The Morgan fingerprint density at radius 1 is 0.862 bits per heavy atom. The van der Waals surface area contributed by atoms with E-state index >= 15 is 0 Å². The summed E-state index contributed by atoms with van der Waals surface area (Å²) in [6.45, 7) is 10.4. The molecule has 4 rings (SSSR count). The molecule has 1 N–H and O–H groups in total. The van der Waals surface area contributed by atoms with Crippen molar-refractivity contribution in [2.24, 2.45) is 0 Å². The first-order valence-electron chi connectivity index (χ1n) is 10.3. The summed E-state index contributed by atoms with van der Waals surface area (Å²) in [6.07, 6.45) is 1.85. The average molecular weight is 388 g/mol. The van der Waals surface area contributed by atoms with Crippen LogP contribution in [0.25, 0.3) is 0 Å². The van der Waals surface area contributed by atoms with Crippen LogP contribution in [0.4, 0.5) is 17.5 Å². The second-order valence-corrected chi connectivity index (χ2v) is 7.71. The predicted octanol–water partition coefficient (Wildman–Crippen LogP) is 4.59. The molecule has 2 heterocycles. The monoisotopic (exact) mass is 387 g/mol. The lowest BCUT2D eigenvalue weighted by Crippen LogP contribution is -2.47. The molecule has 0 aliphatic carbocycles. The first kappa shape index (κ1) is 19.2. The minimum absolute atomic E-state index is 0.160. The van der Waals surface area contributed by atoms with Crippen molar-refractivity contribution in [3.63, 3.8) is 0 Å². The molecule has 150 valence electrons.